The summed E-state index contributed by atoms with van der Waals surface area (Å²) in [5, 5.41) is 11.1. The first-order valence-electron chi connectivity index (χ1n) is 3.77. The maximum atomic E-state index is 9.10. The van der Waals surface area contributed by atoms with Crippen LogP contribution in [0.1, 0.15) is 31.7 Å². The van der Waals surface area contributed by atoms with Gasteiger partial charge in [-0.1, -0.05) is 6.92 Å². The molecule has 1 N–H and O–H groups in total. The van der Waals surface area contributed by atoms with E-state index in [9.17, 15) is 0 Å². The molecule has 2 unspecified atom stereocenters. The molecule has 1 aromatic rings. The predicted octanol–water partition coefficient (Wildman–Crippen LogP) is 2.02. The van der Waals surface area contributed by atoms with E-state index in [2.05, 4.69) is 11.3 Å². The monoisotopic (exact) mass is 171 g/mol. The fraction of sp³-hybridized carbons (Fsp3) is 0.625. The summed E-state index contributed by atoms with van der Waals surface area (Å²) in [6, 6.07) is 0. The van der Waals surface area contributed by atoms with Crippen LogP contribution in [0.2, 0.25) is 0 Å². The SMILES string of the molecule is CC(O)CC(C)c1cnsc1. The van der Waals surface area contributed by atoms with Gasteiger partial charge in [0.1, 0.15) is 0 Å². The third kappa shape index (κ3) is 2.60. The van der Waals surface area contributed by atoms with Gasteiger partial charge in [0.15, 0.2) is 0 Å². The lowest BCUT2D eigenvalue weighted by Gasteiger charge is -2.10. The fourth-order valence-electron chi connectivity index (χ4n) is 1.10. The molecule has 0 amide bonds. The van der Waals surface area contributed by atoms with Gasteiger partial charge >= 0.3 is 0 Å². The summed E-state index contributed by atoms with van der Waals surface area (Å²) < 4.78 is 4.01. The van der Waals surface area contributed by atoms with Crippen LogP contribution in [0.4, 0.5) is 0 Å². The summed E-state index contributed by atoms with van der Waals surface area (Å²) in [7, 11) is 0. The molecule has 1 heterocycles. The highest BCUT2D eigenvalue weighted by Gasteiger charge is 2.08. The molecule has 0 radical (unpaired) electrons. The number of rotatable bonds is 3. The molecule has 0 saturated carbocycles. The van der Waals surface area contributed by atoms with E-state index in [0.717, 1.165) is 6.42 Å². The highest BCUT2D eigenvalue weighted by molar-refractivity contribution is 7.03. The minimum Gasteiger partial charge on any atom is -0.393 e. The van der Waals surface area contributed by atoms with Crippen molar-refractivity contribution in [3.8, 4) is 0 Å². The molecule has 0 aliphatic rings. The van der Waals surface area contributed by atoms with E-state index in [-0.39, 0.29) is 6.10 Å². The van der Waals surface area contributed by atoms with Crippen molar-refractivity contribution < 1.29 is 5.11 Å². The lowest BCUT2D eigenvalue weighted by molar-refractivity contribution is 0.176. The van der Waals surface area contributed by atoms with Gasteiger partial charge < -0.3 is 5.11 Å². The first-order chi connectivity index (χ1) is 5.20. The van der Waals surface area contributed by atoms with Gasteiger partial charge in [0, 0.05) is 11.6 Å². The number of aromatic nitrogens is 1. The first kappa shape index (κ1) is 8.68. The second-order valence-electron chi connectivity index (χ2n) is 2.94. The molecule has 0 bridgehead atoms. The number of nitrogens with zero attached hydrogens (tertiary/aromatic N) is 1. The maximum Gasteiger partial charge on any atom is 0.0517 e. The minimum absolute atomic E-state index is 0.218. The van der Waals surface area contributed by atoms with E-state index < -0.39 is 0 Å². The Balaban J connectivity index is 2.49. The van der Waals surface area contributed by atoms with Gasteiger partial charge in [-0.05, 0) is 36.4 Å². The van der Waals surface area contributed by atoms with Gasteiger partial charge in [0.25, 0.3) is 0 Å². The summed E-state index contributed by atoms with van der Waals surface area (Å²) in [6.07, 6.45) is 2.47. The smallest absolute Gasteiger partial charge is 0.0517 e. The topological polar surface area (TPSA) is 33.1 Å². The zero-order chi connectivity index (χ0) is 8.27. The van der Waals surface area contributed by atoms with Crippen LogP contribution in [-0.4, -0.2) is 15.6 Å². The molecule has 0 fully saturated rings. The highest BCUT2D eigenvalue weighted by atomic mass is 32.1. The van der Waals surface area contributed by atoms with Crippen LogP contribution in [-0.2, 0) is 0 Å². The van der Waals surface area contributed by atoms with Crippen LogP contribution >= 0.6 is 11.5 Å². The zero-order valence-corrected chi connectivity index (χ0v) is 7.64. The third-order valence-electron chi connectivity index (χ3n) is 1.72. The summed E-state index contributed by atoms with van der Waals surface area (Å²) in [5.41, 5.74) is 1.23. The van der Waals surface area contributed by atoms with Gasteiger partial charge in [-0.3, -0.25) is 0 Å². The molecule has 0 aliphatic heterocycles. The average Bonchev–Trinajstić information content (AvgIpc) is 2.35. The number of hydrogen-bond acceptors (Lipinski definition) is 3. The highest BCUT2D eigenvalue weighted by Crippen LogP contribution is 2.20. The van der Waals surface area contributed by atoms with Crippen molar-refractivity contribution in [2.75, 3.05) is 0 Å². The number of aliphatic hydroxyl groups is 1. The van der Waals surface area contributed by atoms with Crippen molar-refractivity contribution in [1.82, 2.24) is 4.37 Å². The second-order valence-corrected chi connectivity index (χ2v) is 3.60. The Morgan fingerprint density at radius 1 is 1.64 bits per heavy atom. The molecule has 1 rings (SSSR count). The van der Waals surface area contributed by atoms with E-state index in [1.807, 2.05) is 18.5 Å². The Morgan fingerprint density at radius 3 is 2.82 bits per heavy atom. The Kier molecular flexibility index (Phi) is 3.02. The maximum absolute atomic E-state index is 9.10. The van der Waals surface area contributed by atoms with Crippen molar-refractivity contribution in [2.24, 2.45) is 0 Å². The van der Waals surface area contributed by atoms with Crippen molar-refractivity contribution in [3.63, 3.8) is 0 Å². The molecular formula is C8H13NOS. The van der Waals surface area contributed by atoms with Crippen molar-refractivity contribution in [1.29, 1.82) is 0 Å². The van der Waals surface area contributed by atoms with Gasteiger partial charge in [0.2, 0.25) is 0 Å². The van der Waals surface area contributed by atoms with Gasteiger partial charge in [-0.25, -0.2) is 4.37 Å². The molecule has 0 aromatic carbocycles. The van der Waals surface area contributed by atoms with Gasteiger partial charge in [0.05, 0.1) is 6.10 Å². The van der Waals surface area contributed by atoms with Crippen molar-refractivity contribution in [2.45, 2.75) is 32.3 Å². The van der Waals surface area contributed by atoms with Gasteiger partial charge in [-0.15, -0.1) is 0 Å². The number of hydrogen-bond donors (Lipinski definition) is 1. The zero-order valence-electron chi connectivity index (χ0n) is 6.82. The lowest BCUT2D eigenvalue weighted by atomic mass is 9.99. The summed E-state index contributed by atoms with van der Waals surface area (Å²) in [6.45, 7) is 3.92. The summed E-state index contributed by atoms with van der Waals surface area (Å²) >= 11 is 1.46. The van der Waals surface area contributed by atoms with E-state index in [1.54, 1.807) is 0 Å². The molecular weight excluding hydrogens is 158 g/mol. The van der Waals surface area contributed by atoms with Crippen LogP contribution in [0, 0.1) is 0 Å². The predicted molar refractivity (Wildman–Crippen MR) is 46.8 cm³/mol. The van der Waals surface area contributed by atoms with Gasteiger partial charge in [-0.2, -0.15) is 0 Å². The Hall–Kier alpha value is -0.410. The van der Waals surface area contributed by atoms with Crippen LogP contribution in [0.5, 0.6) is 0 Å². The molecule has 11 heavy (non-hydrogen) atoms. The minimum atomic E-state index is -0.218. The quantitative estimate of drug-likeness (QED) is 0.754. The molecule has 0 spiro atoms. The fourth-order valence-corrected chi connectivity index (χ4v) is 1.76. The second kappa shape index (κ2) is 3.83. The van der Waals surface area contributed by atoms with Crippen LogP contribution < -0.4 is 0 Å². The first-order valence-corrected chi connectivity index (χ1v) is 4.61. The summed E-state index contributed by atoms with van der Waals surface area (Å²) in [5.74, 6) is 0.425. The Morgan fingerprint density at radius 2 is 2.36 bits per heavy atom. The molecule has 3 heteroatoms. The molecule has 2 nitrogen and oxygen atoms in total. The molecule has 62 valence electrons. The van der Waals surface area contributed by atoms with Crippen LogP contribution in [0.3, 0.4) is 0 Å². The van der Waals surface area contributed by atoms with E-state index in [4.69, 9.17) is 5.11 Å². The standard InChI is InChI=1S/C8H13NOS/c1-6(3-7(2)10)8-4-9-11-5-8/h4-7,10H,3H2,1-2H3. The lowest BCUT2D eigenvalue weighted by Crippen LogP contribution is -2.04. The Bertz CT molecular complexity index is 196. The van der Waals surface area contributed by atoms with Crippen molar-refractivity contribution in [3.05, 3.63) is 17.1 Å². The molecule has 2 atom stereocenters. The summed E-state index contributed by atoms with van der Waals surface area (Å²) in [4.78, 5) is 0. The van der Waals surface area contributed by atoms with Crippen LogP contribution in [0.25, 0.3) is 0 Å². The average molecular weight is 171 g/mol. The largest absolute Gasteiger partial charge is 0.393 e. The number of aliphatic hydroxyl groups excluding tert-OH is 1. The third-order valence-corrected chi connectivity index (χ3v) is 2.32. The Labute approximate surface area is 71.1 Å². The molecule has 1 aromatic heterocycles. The van der Waals surface area contributed by atoms with E-state index in [1.165, 1.54) is 17.1 Å². The molecule has 0 saturated heterocycles. The van der Waals surface area contributed by atoms with E-state index in [0.29, 0.717) is 5.92 Å². The normalized spacial score (nSPS) is 16.3. The van der Waals surface area contributed by atoms with Crippen LogP contribution in [0.15, 0.2) is 11.6 Å². The van der Waals surface area contributed by atoms with E-state index >= 15 is 0 Å². The molecule has 0 aliphatic carbocycles. The van der Waals surface area contributed by atoms with Crippen molar-refractivity contribution >= 4 is 11.5 Å².